The molecule has 1 atom stereocenters. The number of carbonyl (C=O) groups is 1. The number of ether oxygens (including phenoxy) is 1. The Morgan fingerprint density at radius 2 is 2.31 bits per heavy atom. The summed E-state index contributed by atoms with van der Waals surface area (Å²) in [6, 6.07) is 3.65. The quantitative estimate of drug-likeness (QED) is 0.653. The van der Waals surface area contributed by atoms with Crippen LogP contribution in [0.5, 0.6) is 5.75 Å². The molecule has 1 unspecified atom stereocenters. The van der Waals surface area contributed by atoms with Crippen LogP contribution in [0.1, 0.15) is 16.8 Å². The van der Waals surface area contributed by atoms with Crippen LogP contribution < -0.4 is 4.74 Å². The number of fused-ring (bicyclic) bond motifs is 1. The molecule has 1 aliphatic rings. The molecule has 3 nitrogen and oxygen atoms in total. The van der Waals surface area contributed by atoms with Crippen LogP contribution in [0, 0.1) is 5.82 Å². The minimum Gasteiger partial charge on any atom is -0.464 e. The number of carbonyl (C=O) groups excluding carboxylic acids is 1. The molecule has 0 saturated carbocycles. The summed E-state index contributed by atoms with van der Waals surface area (Å²) in [6.45, 7) is 0. The van der Waals surface area contributed by atoms with E-state index in [4.69, 9.17) is 9.84 Å². The Bertz CT molecular complexity index is 362. The molecular formula is C9H7FO3. The van der Waals surface area contributed by atoms with Gasteiger partial charge in [0.2, 0.25) is 6.29 Å². The third-order valence-corrected chi connectivity index (χ3v) is 1.87. The van der Waals surface area contributed by atoms with Crippen molar-refractivity contribution in [1.29, 1.82) is 0 Å². The Morgan fingerprint density at radius 1 is 1.54 bits per heavy atom. The SMILES string of the molecule is O=C1CC(O)Oc2cc(F)ccc21. The molecule has 0 aromatic heterocycles. The summed E-state index contributed by atoms with van der Waals surface area (Å²) in [5.74, 6) is -0.599. The van der Waals surface area contributed by atoms with Gasteiger partial charge in [-0.3, -0.25) is 4.79 Å². The second kappa shape index (κ2) is 2.81. The van der Waals surface area contributed by atoms with Crippen molar-refractivity contribution in [2.45, 2.75) is 12.7 Å². The van der Waals surface area contributed by atoms with Gasteiger partial charge < -0.3 is 9.84 Å². The molecule has 2 rings (SSSR count). The Hall–Kier alpha value is -1.42. The second-order valence-electron chi connectivity index (χ2n) is 2.84. The molecule has 13 heavy (non-hydrogen) atoms. The van der Waals surface area contributed by atoms with E-state index in [-0.39, 0.29) is 18.0 Å². The molecule has 1 N–H and O–H groups in total. The maximum absolute atomic E-state index is 12.7. The van der Waals surface area contributed by atoms with E-state index in [1.807, 2.05) is 0 Å². The van der Waals surface area contributed by atoms with Gasteiger partial charge in [-0.25, -0.2) is 4.39 Å². The molecule has 0 aliphatic carbocycles. The van der Waals surface area contributed by atoms with Crippen molar-refractivity contribution in [3.05, 3.63) is 29.6 Å². The number of hydrogen-bond acceptors (Lipinski definition) is 3. The predicted molar refractivity (Wildman–Crippen MR) is 42.0 cm³/mol. The molecule has 0 bridgehead atoms. The molecule has 1 aromatic rings. The Morgan fingerprint density at radius 3 is 3.08 bits per heavy atom. The highest BCUT2D eigenvalue weighted by Crippen LogP contribution is 2.27. The first kappa shape index (κ1) is 8.19. The minimum absolute atomic E-state index is 0.0708. The molecule has 0 fully saturated rings. The molecular weight excluding hydrogens is 175 g/mol. The summed E-state index contributed by atoms with van der Waals surface area (Å²) in [4.78, 5) is 11.2. The van der Waals surface area contributed by atoms with Gasteiger partial charge in [-0.05, 0) is 12.1 Å². The van der Waals surface area contributed by atoms with Crippen LogP contribution in [0.2, 0.25) is 0 Å². The largest absolute Gasteiger partial charge is 0.464 e. The molecule has 1 aromatic carbocycles. The average molecular weight is 182 g/mol. The van der Waals surface area contributed by atoms with Crippen LogP contribution in [-0.4, -0.2) is 17.2 Å². The summed E-state index contributed by atoms with van der Waals surface area (Å²) < 4.78 is 17.6. The van der Waals surface area contributed by atoms with E-state index in [1.54, 1.807) is 0 Å². The number of Topliss-reactive ketones (excluding diaryl/α,β-unsaturated/α-hetero) is 1. The van der Waals surface area contributed by atoms with Crippen molar-refractivity contribution in [2.24, 2.45) is 0 Å². The van der Waals surface area contributed by atoms with Crippen molar-refractivity contribution in [2.75, 3.05) is 0 Å². The first-order chi connectivity index (χ1) is 6.16. The zero-order valence-corrected chi connectivity index (χ0v) is 6.66. The lowest BCUT2D eigenvalue weighted by Gasteiger charge is -2.20. The molecule has 1 aliphatic heterocycles. The first-order valence-electron chi connectivity index (χ1n) is 3.84. The van der Waals surface area contributed by atoms with Gasteiger partial charge in [-0.2, -0.15) is 0 Å². The minimum atomic E-state index is -1.15. The molecule has 68 valence electrons. The van der Waals surface area contributed by atoms with Crippen LogP contribution in [0.15, 0.2) is 18.2 Å². The highest BCUT2D eigenvalue weighted by molar-refractivity contribution is 5.99. The zero-order valence-electron chi connectivity index (χ0n) is 6.66. The monoisotopic (exact) mass is 182 g/mol. The number of aliphatic hydroxyl groups excluding tert-OH is 1. The molecule has 0 amide bonds. The summed E-state index contributed by atoms with van der Waals surface area (Å²) >= 11 is 0. The lowest BCUT2D eigenvalue weighted by atomic mass is 10.0. The van der Waals surface area contributed by atoms with Crippen LogP contribution in [0.4, 0.5) is 4.39 Å². The van der Waals surface area contributed by atoms with Crippen molar-refractivity contribution >= 4 is 5.78 Å². The number of aliphatic hydroxyl groups is 1. The van der Waals surface area contributed by atoms with Crippen molar-refractivity contribution in [3.8, 4) is 5.75 Å². The predicted octanol–water partition coefficient (Wildman–Crippen LogP) is 1.11. The van der Waals surface area contributed by atoms with Gasteiger partial charge in [0.1, 0.15) is 11.6 Å². The van der Waals surface area contributed by atoms with E-state index in [2.05, 4.69) is 0 Å². The van der Waals surface area contributed by atoms with Gasteiger partial charge in [0, 0.05) is 6.07 Å². The van der Waals surface area contributed by atoms with E-state index in [9.17, 15) is 9.18 Å². The average Bonchev–Trinajstić information content (AvgIpc) is 2.02. The standard InChI is InChI=1S/C9H7FO3/c10-5-1-2-6-7(11)4-9(12)13-8(6)3-5/h1-3,9,12H,4H2. The fourth-order valence-corrected chi connectivity index (χ4v) is 1.28. The zero-order chi connectivity index (χ0) is 9.42. The Kier molecular flexibility index (Phi) is 1.77. The van der Waals surface area contributed by atoms with Gasteiger partial charge in [0.25, 0.3) is 0 Å². The fraction of sp³-hybridized carbons (Fsp3) is 0.222. The van der Waals surface area contributed by atoms with E-state index >= 15 is 0 Å². The Balaban J connectivity index is 2.49. The highest BCUT2D eigenvalue weighted by atomic mass is 19.1. The third-order valence-electron chi connectivity index (χ3n) is 1.87. The fourth-order valence-electron chi connectivity index (χ4n) is 1.28. The van der Waals surface area contributed by atoms with E-state index in [0.717, 1.165) is 6.07 Å². The number of rotatable bonds is 0. The number of hydrogen-bond donors (Lipinski definition) is 1. The maximum atomic E-state index is 12.7. The summed E-state index contributed by atoms with van der Waals surface area (Å²) in [5, 5.41) is 9.05. The lowest BCUT2D eigenvalue weighted by molar-refractivity contribution is -0.0247. The van der Waals surface area contributed by atoms with E-state index < -0.39 is 12.1 Å². The second-order valence-corrected chi connectivity index (χ2v) is 2.84. The normalized spacial score (nSPS) is 20.8. The topological polar surface area (TPSA) is 46.5 Å². The van der Waals surface area contributed by atoms with Gasteiger partial charge in [-0.15, -0.1) is 0 Å². The van der Waals surface area contributed by atoms with Crippen molar-refractivity contribution in [1.82, 2.24) is 0 Å². The Labute approximate surface area is 73.8 Å². The molecule has 0 radical (unpaired) electrons. The summed E-state index contributed by atoms with van der Waals surface area (Å²) in [5.41, 5.74) is 0.326. The van der Waals surface area contributed by atoms with Gasteiger partial charge >= 0.3 is 0 Å². The van der Waals surface area contributed by atoms with Gasteiger partial charge in [0.05, 0.1) is 12.0 Å². The molecule has 1 heterocycles. The van der Waals surface area contributed by atoms with Gasteiger partial charge in [0.15, 0.2) is 5.78 Å². The third kappa shape index (κ3) is 1.40. The van der Waals surface area contributed by atoms with E-state index in [0.29, 0.717) is 5.56 Å². The van der Waals surface area contributed by atoms with Crippen LogP contribution >= 0.6 is 0 Å². The maximum Gasteiger partial charge on any atom is 0.204 e. The molecule has 4 heteroatoms. The molecule has 0 spiro atoms. The number of ketones is 1. The lowest BCUT2D eigenvalue weighted by Crippen LogP contribution is -2.26. The molecule has 0 saturated heterocycles. The van der Waals surface area contributed by atoms with E-state index in [1.165, 1.54) is 12.1 Å². The van der Waals surface area contributed by atoms with Crippen LogP contribution in [0.25, 0.3) is 0 Å². The smallest absolute Gasteiger partial charge is 0.204 e. The van der Waals surface area contributed by atoms with Crippen molar-refractivity contribution in [3.63, 3.8) is 0 Å². The number of benzene rings is 1. The first-order valence-corrected chi connectivity index (χ1v) is 3.84. The van der Waals surface area contributed by atoms with Gasteiger partial charge in [-0.1, -0.05) is 0 Å². The van der Waals surface area contributed by atoms with Crippen LogP contribution in [-0.2, 0) is 0 Å². The summed E-state index contributed by atoms with van der Waals surface area (Å²) in [6.07, 6.45) is -1.22. The summed E-state index contributed by atoms with van der Waals surface area (Å²) in [7, 11) is 0. The highest BCUT2D eigenvalue weighted by Gasteiger charge is 2.24. The van der Waals surface area contributed by atoms with Crippen LogP contribution in [0.3, 0.4) is 0 Å². The number of halogens is 1. The van der Waals surface area contributed by atoms with Crippen molar-refractivity contribution < 1.29 is 19.0 Å².